The standard InChI is InChI=1S/C36H52N4O6/c1-4-6-20-37-31(41)29-17-8-24(3)30-33(43)38(21-7-5-2)36(46)40(34(30)44)23-19-26-11-15-28(16-12-26)27-13-9-25(10-14-27)18-22-39(32(29)42)35(37)45/h8,17,25-28,42H,4-7,9-16,18-23H2,1-3H3/b17-8-,30-24?. The van der Waals surface area contributed by atoms with E-state index in [0.717, 1.165) is 51.4 Å². The van der Waals surface area contributed by atoms with Crippen LogP contribution >= 0.6 is 0 Å². The van der Waals surface area contributed by atoms with Crippen molar-refractivity contribution in [1.29, 1.82) is 0 Å². The number of carbonyl (C=O) groups is 3. The summed E-state index contributed by atoms with van der Waals surface area (Å²) in [4.78, 5) is 70.4. The number of barbiturate groups is 1. The highest BCUT2D eigenvalue weighted by Crippen LogP contribution is 2.43. The number of hydrogen-bond donors (Lipinski definition) is 1. The summed E-state index contributed by atoms with van der Waals surface area (Å²) in [6, 6.07) is -0.559. The molecule has 5 heterocycles. The molecule has 3 fully saturated rings. The van der Waals surface area contributed by atoms with Crippen LogP contribution in [0.15, 0.2) is 26.8 Å². The van der Waals surface area contributed by atoms with Crippen LogP contribution in [0.2, 0.25) is 0 Å². The molecule has 0 atom stereocenters. The fraction of sp³-hybridized carbons (Fsp3) is 0.694. The molecule has 0 spiro atoms. The molecule has 0 aromatic carbocycles. The lowest BCUT2D eigenvalue weighted by atomic mass is 9.68. The van der Waals surface area contributed by atoms with Crippen molar-refractivity contribution in [2.45, 2.75) is 124 Å². The summed E-state index contributed by atoms with van der Waals surface area (Å²) in [5, 5.41) is 11.3. The Labute approximate surface area is 272 Å². The van der Waals surface area contributed by atoms with Gasteiger partial charge in [-0.2, -0.15) is 0 Å². The smallest absolute Gasteiger partial charge is 0.333 e. The highest BCUT2D eigenvalue weighted by atomic mass is 16.3. The number of amides is 4. The summed E-state index contributed by atoms with van der Waals surface area (Å²) in [5.74, 6) is 0.673. The Morgan fingerprint density at radius 1 is 0.717 bits per heavy atom. The van der Waals surface area contributed by atoms with Gasteiger partial charge in [0.1, 0.15) is 11.1 Å². The van der Waals surface area contributed by atoms with Gasteiger partial charge in [0.2, 0.25) is 5.88 Å². The van der Waals surface area contributed by atoms with Crippen LogP contribution in [0, 0.1) is 23.7 Å². The lowest BCUT2D eigenvalue weighted by molar-refractivity contribution is -0.136. The Kier molecular flexibility index (Phi) is 11.1. The van der Waals surface area contributed by atoms with E-state index in [4.69, 9.17) is 0 Å². The van der Waals surface area contributed by atoms with E-state index in [9.17, 15) is 29.1 Å². The van der Waals surface area contributed by atoms with Gasteiger partial charge in [-0.3, -0.25) is 33.3 Å². The van der Waals surface area contributed by atoms with Gasteiger partial charge in [-0.25, -0.2) is 9.59 Å². The van der Waals surface area contributed by atoms with Crippen LogP contribution < -0.4 is 11.2 Å². The van der Waals surface area contributed by atoms with Crippen molar-refractivity contribution in [3.63, 3.8) is 0 Å². The maximum absolute atomic E-state index is 13.8. The van der Waals surface area contributed by atoms with Gasteiger partial charge in [-0.05, 0) is 93.6 Å². The molecule has 1 saturated heterocycles. The van der Waals surface area contributed by atoms with Crippen molar-refractivity contribution in [3.8, 4) is 5.88 Å². The fourth-order valence-electron chi connectivity index (χ4n) is 8.11. The van der Waals surface area contributed by atoms with Gasteiger partial charge in [0, 0.05) is 26.2 Å². The molecule has 2 aliphatic carbocycles. The van der Waals surface area contributed by atoms with E-state index in [1.807, 2.05) is 13.8 Å². The van der Waals surface area contributed by atoms with Crippen LogP contribution in [0.1, 0.15) is 116 Å². The van der Waals surface area contributed by atoms with Gasteiger partial charge in [0.05, 0.1) is 0 Å². The largest absolute Gasteiger partial charge is 0.494 e. The number of urea groups is 1. The summed E-state index contributed by atoms with van der Waals surface area (Å²) in [6.07, 6.45) is 16.3. The zero-order valence-electron chi connectivity index (χ0n) is 28.0. The molecule has 46 heavy (non-hydrogen) atoms. The molecule has 10 nitrogen and oxygen atoms in total. The van der Waals surface area contributed by atoms with E-state index < -0.39 is 35.0 Å². The number of hydrogen-bond acceptors (Lipinski definition) is 6. The van der Waals surface area contributed by atoms with Crippen molar-refractivity contribution in [2.24, 2.45) is 23.7 Å². The van der Waals surface area contributed by atoms with Gasteiger partial charge in [0.15, 0.2) is 0 Å². The zero-order valence-corrected chi connectivity index (χ0v) is 28.0. The number of aromatic nitrogens is 2. The van der Waals surface area contributed by atoms with Gasteiger partial charge in [-0.1, -0.05) is 58.4 Å². The molecule has 8 bridgehead atoms. The first-order valence-corrected chi connectivity index (χ1v) is 17.8. The van der Waals surface area contributed by atoms with E-state index in [0.29, 0.717) is 48.6 Å². The van der Waals surface area contributed by atoms with Crippen LogP contribution in [0.3, 0.4) is 0 Å². The van der Waals surface area contributed by atoms with Crippen LogP contribution in [0.5, 0.6) is 5.88 Å². The molecule has 4 aliphatic heterocycles. The molecule has 10 heteroatoms. The van der Waals surface area contributed by atoms with Gasteiger partial charge in [0.25, 0.3) is 17.4 Å². The summed E-state index contributed by atoms with van der Waals surface area (Å²) in [5.41, 5.74) is -0.955. The number of nitrogens with zero attached hydrogens (tertiary/aromatic N) is 4. The number of fused-ring (bicyclic) bond motifs is 2. The van der Waals surface area contributed by atoms with Crippen molar-refractivity contribution >= 4 is 23.9 Å². The lowest BCUT2D eigenvalue weighted by Gasteiger charge is -2.39. The number of allylic oxidation sites excluding steroid dienone is 2. The number of carbonyl (C=O) groups excluding carboxylic acids is 3. The van der Waals surface area contributed by atoms with Crippen molar-refractivity contribution in [1.82, 2.24) is 18.9 Å². The van der Waals surface area contributed by atoms with Crippen LogP contribution in [0.4, 0.5) is 4.79 Å². The quantitative estimate of drug-likeness (QED) is 0.392. The SMILES string of the molecule is CCCCN1C(=O)C2=C(C)/C=C\c3c(O)n(c(=O)n(CCCC)c3=O)CCC3CCC(CC3)C3CCC(CC3)CCN(C2=O)C1=O. The molecule has 6 aliphatic rings. The summed E-state index contributed by atoms with van der Waals surface area (Å²) in [6.45, 7) is 6.63. The first-order chi connectivity index (χ1) is 22.2. The van der Waals surface area contributed by atoms with E-state index in [2.05, 4.69) is 0 Å². The van der Waals surface area contributed by atoms with Gasteiger partial charge < -0.3 is 5.11 Å². The average Bonchev–Trinajstić information content (AvgIpc) is 3.04. The second kappa shape index (κ2) is 15.0. The number of unbranched alkanes of at least 4 members (excludes halogenated alkanes) is 2. The molecule has 1 aromatic heterocycles. The third-order valence-corrected chi connectivity index (χ3v) is 11.2. The maximum Gasteiger partial charge on any atom is 0.333 e. The third-order valence-electron chi connectivity index (χ3n) is 11.2. The van der Waals surface area contributed by atoms with Gasteiger partial charge in [-0.15, -0.1) is 0 Å². The minimum absolute atomic E-state index is 0.0479. The normalized spacial score (nSPS) is 26.9. The monoisotopic (exact) mass is 636 g/mol. The molecule has 2 saturated carbocycles. The molecular weight excluding hydrogens is 584 g/mol. The van der Waals surface area contributed by atoms with Crippen LogP contribution in [-0.4, -0.2) is 55.0 Å². The zero-order chi connectivity index (χ0) is 33.0. The van der Waals surface area contributed by atoms with Crippen molar-refractivity contribution in [2.75, 3.05) is 13.1 Å². The Balaban J connectivity index is 1.58. The topological polar surface area (TPSA) is 122 Å². The van der Waals surface area contributed by atoms with Crippen molar-refractivity contribution in [3.05, 3.63) is 43.6 Å². The minimum Gasteiger partial charge on any atom is -0.494 e. The minimum atomic E-state index is -0.634. The van der Waals surface area contributed by atoms with Crippen molar-refractivity contribution < 1.29 is 19.5 Å². The second-order valence-electron chi connectivity index (χ2n) is 14.1. The maximum atomic E-state index is 13.8. The fourth-order valence-corrected chi connectivity index (χ4v) is 8.11. The third kappa shape index (κ3) is 6.95. The van der Waals surface area contributed by atoms with E-state index in [1.165, 1.54) is 56.8 Å². The Morgan fingerprint density at radius 3 is 1.87 bits per heavy atom. The number of imide groups is 2. The summed E-state index contributed by atoms with van der Waals surface area (Å²) in [7, 11) is 0. The molecule has 1 aromatic rings. The van der Waals surface area contributed by atoms with Crippen LogP contribution in [0.25, 0.3) is 6.08 Å². The van der Waals surface area contributed by atoms with Gasteiger partial charge >= 0.3 is 11.7 Å². The van der Waals surface area contributed by atoms with E-state index in [-0.39, 0.29) is 30.8 Å². The molecule has 4 amide bonds. The average molecular weight is 637 g/mol. The Hall–Kier alpha value is -3.43. The summed E-state index contributed by atoms with van der Waals surface area (Å²) < 4.78 is 2.51. The molecule has 252 valence electrons. The lowest BCUT2D eigenvalue weighted by Crippen LogP contribution is -2.57. The molecule has 0 radical (unpaired) electrons. The van der Waals surface area contributed by atoms with E-state index in [1.54, 1.807) is 6.92 Å². The summed E-state index contributed by atoms with van der Waals surface area (Å²) >= 11 is 0. The predicted octanol–water partition coefficient (Wildman–Crippen LogP) is 5.84. The van der Waals surface area contributed by atoms with Crippen LogP contribution in [-0.2, 0) is 22.7 Å². The molecule has 7 rings (SSSR count). The Bertz CT molecular complexity index is 1490. The first-order valence-electron chi connectivity index (χ1n) is 17.8. The molecular formula is C36H52N4O6. The molecule has 1 N–H and O–H groups in total. The molecule has 0 unspecified atom stereocenters. The number of aromatic hydroxyl groups is 1. The van der Waals surface area contributed by atoms with E-state index >= 15 is 0 Å². The Morgan fingerprint density at radius 2 is 1.28 bits per heavy atom. The highest BCUT2D eigenvalue weighted by Gasteiger charge is 2.42. The first kappa shape index (κ1) is 33.9. The number of rotatable bonds is 6. The second-order valence-corrected chi connectivity index (χ2v) is 14.1. The predicted molar refractivity (Wildman–Crippen MR) is 177 cm³/mol. The highest BCUT2D eigenvalue weighted by molar-refractivity contribution is 6.29.